The Balaban J connectivity index is 3.31. The van der Waals surface area contributed by atoms with Crippen molar-refractivity contribution in [2.45, 2.75) is 38.4 Å². The molecule has 0 amide bonds. The van der Waals surface area contributed by atoms with Gasteiger partial charge in [-0.15, -0.1) is 0 Å². The summed E-state index contributed by atoms with van der Waals surface area (Å²) in [4.78, 5) is 0. The van der Waals surface area contributed by atoms with E-state index in [4.69, 9.17) is 5.11 Å². The molecule has 0 aliphatic carbocycles. The Morgan fingerprint density at radius 1 is 1.50 bits per heavy atom. The molecule has 0 bridgehead atoms. The highest BCUT2D eigenvalue weighted by atomic mass is 32.1. The third-order valence-electron chi connectivity index (χ3n) is 1.80. The van der Waals surface area contributed by atoms with Crippen LogP contribution in [0.5, 0.6) is 0 Å². The minimum Gasteiger partial charge on any atom is -0.396 e. The van der Waals surface area contributed by atoms with E-state index in [0.29, 0.717) is 11.2 Å². The average Bonchev–Trinajstić information content (AvgIpc) is 1.98. The van der Waals surface area contributed by atoms with Gasteiger partial charge in [0.25, 0.3) is 0 Å². The maximum atomic E-state index is 8.76. The fourth-order valence-corrected chi connectivity index (χ4v) is 1.10. The third kappa shape index (κ3) is 4.18. The normalized spacial score (nSPS) is 16.8. The first-order chi connectivity index (χ1) is 4.72. The molecule has 2 unspecified atom stereocenters. The van der Waals surface area contributed by atoms with Crippen LogP contribution in [-0.2, 0) is 0 Å². The summed E-state index contributed by atoms with van der Waals surface area (Å²) in [5.74, 6) is 0.342. The lowest BCUT2D eigenvalue weighted by Gasteiger charge is -2.15. The Hall–Kier alpha value is 0.310. The van der Waals surface area contributed by atoms with Crippen LogP contribution in [0.25, 0.3) is 0 Å². The van der Waals surface area contributed by atoms with Crippen molar-refractivity contribution < 1.29 is 5.11 Å². The molecule has 0 aromatic carbocycles. The highest BCUT2D eigenvalue weighted by Crippen LogP contribution is 2.15. The van der Waals surface area contributed by atoms with Crippen molar-refractivity contribution in [3.8, 4) is 0 Å². The number of aliphatic hydroxyl groups is 1. The van der Waals surface area contributed by atoms with E-state index in [9.17, 15) is 0 Å². The van der Waals surface area contributed by atoms with E-state index in [-0.39, 0.29) is 6.61 Å². The number of rotatable bonds is 5. The molecule has 62 valence electrons. The van der Waals surface area contributed by atoms with E-state index in [2.05, 4.69) is 19.6 Å². The Labute approximate surface area is 69.2 Å². The van der Waals surface area contributed by atoms with Gasteiger partial charge in [-0.1, -0.05) is 26.7 Å². The summed E-state index contributed by atoms with van der Waals surface area (Å²) in [6.45, 7) is 4.47. The smallest absolute Gasteiger partial charge is 0.0467 e. The molecule has 0 fully saturated rings. The third-order valence-corrected chi connectivity index (χ3v) is 2.57. The molecule has 0 saturated carbocycles. The first-order valence-corrected chi connectivity index (χ1v) is 4.53. The summed E-state index contributed by atoms with van der Waals surface area (Å²) >= 11 is 4.38. The van der Waals surface area contributed by atoms with Gasteiger partial charge in [0.2, 0.25) is 0 Å². The highest BCUT2D eigenvalue weighted by molar-refractivity contribution is 7.81. The summed E-state index contributed by atoms with van der Waals surface area (Å²) in [5, 5.41) is 9.14. The topological polar surface area (TPSA) is 20.2 Å². The lowest BCUT2D eigenvalue weighted by atomic mass is 10.0. The van der Waals surface area contributed by atoms with E-state index >= 15 is 0 Å². The van der Waals surface area contributed by atoms with E-state index < -0.39 is 0 Å². The molecule has 0 aliphatic rings. The summed E-state index contributed by atoms with van der Waals surface area (Å²) in [5.41, 5.74) is 0. The van der Waals surface area contributed by atoms with Gasteiger partial charge in [-0.2, -0.15) is 12.6 Å². The molecular weight excluding hydrogens is 144 g/mol. The summed E-state index contributed by atoms with van der Waals surface area (Å²) in [7, 11) is 0. The molecule has 2 heteroatoms. The molecular formula is C8H18OS. The molecule has 2 atom stereocenters. The Morgan fingerprint density at radius 2 is 2.10 bits per heavy atom. The average molecular weight is 162 g/mol. The minimum atomic E-state index is 0.262. The van der Waals surface area contributed by atoms with Crippen LogP contribution in [0.15, 0.2) is 0 Å². The lowest BCUT2D eigenvalue weighted by Crippen LogP contribution is -2.15. The molecule has 0 aliphatic heterocycles. The van der Waals surface area contributed by atoms with Crippen LogP contribution in [0.3, 0.4) is 0 Å². The number of hydrogen-bond donors (Lipinski definition) is 2. The van der Waals surface area contributed by atoms with Gasteiger partial charge in [-0.25, -0.2) is 0 Å². The van der Waals surface area contributed by atoms with Crippen molar-refractivity contribution in [1.29, 1.82) is 0 Å². The fraction of sp³-hybridized carbons (Fsp3) is 1.00. The second-order valence-electron chi connectivity index (χ2n) is 2.87. The zero-order valence-electron chi connectivity index (χ0n) is 6.88. The zero-order chi connectivity index (χ0) is 7.98. The van der Waals surface area contributed by atoms with E-state index in [0.717, 1.165) is 6.42 Å². The summed E-state index contributed by atoms with van der Waals surface area (Å²) in [6.07, 6.45) is 3.56. The van der Waals surface area contributed by atoms with Gasteiger partial charge in [-0.05, 0) is 12.3 Å². The summed E-state index contributed by atoms with van der Waals surface area (Å²) in [6, 6.07) is 0. The predicted molar refractivity (Wildman–Crippen MR) is 48.5 cm³/mol. The van der Waals surface area contributed by atoms with E-state index in [1.54, 1.807) is 0 Å². The van der Waals surface area contributed by atoms with Crippen LogP contribution in [0.1, 0.15) is 33.1 Å². The molecule has 0 saturated heterocycles. The Kier molecular flexibility index (Phi) is 6.24. The first kappa shape index (κ1) is 10.3. The molecule has 10 heavy (non-hydrogen) atoms. The van der Waals surface area contributed by atoms with Crippen molar-refractivity contribution >= 4 is 12.6 Å². The lowest BCUT2D eigenvalue weighted by molar-refractivity contribution is 0.232. The largest absolute Gasteiger partial charge is 0.396 e. The maximum Gasteiger partial charge on any atom is 0.0467 e. The van der Waals surface area contributed by atoms with Gasteiger partial charge in [0.05, 0.1) is 0 Å². The number of aliphatic hydroxyl groups excluding tert-OH is 1. The first-order valence-electron chi connectivity index (χ1n) is 4.01. The molecule has 0 aromatic rings. The van der Waals surface area contributed by atoms with Crippen LogP contribution in [0, 0.1) is 5.92 Å². The van der Waals surface area contributed by atoms with Crippen molar-refractivity contribution in [1.82, 2.24) is 0 Å². The van der Waals surface area contributed by atoms with Gasteiger partial charge in [-0.3, -0.25) is 0 Å². The van der Waals surface area contributed by atoms with E-state index in [1.165, 1.54) is 12.8 Å². The molecule has 1 N–H and O–H groups in total. The molecule has 0 radical (unpaired) electrons. The number of unbranched alkanes of at least 4 members (excludes halogenated alkanes) is 1. The predicted octanol–water partition coefficient (Wildman–Crippen LogP) is 2.10. The zero-order valence-corrected chi connectivity index (χ0v) is 7.77. The van der Waals surface area contributed by atoms with Crippen LogP contribution in [0.2, 0.25) is 0 Å². The molecule has 0 heterocycles. The SMILES string of the molecule is CCCCC(S)C(C)CO. The fourth-order valence-electron chi connectivity index (χ4n) is 0.819. The van der Waals surface area contributed by atoms with E-state index in [1.807, 2.05) is 6.92 Å². The molecule has 0 aromatic heterocycles. The Morgan fingerprint density at radius 3 is 2.50 bits per heavy atom. The van der Waals surface area contributed by atoms with Crippen molar-refractivity contribution in [3.63, 3.8) is 0 Å². The van der Waals surface area contributed by atoms with Crippen molar-refractivity contribution in [2.24, 2.45) is 5.92 Å². The van der Waals surface area contributed by atoms with Crippen LogP contribution in [-0.4, -0.2) is 17.0 Å². The van der Waals surface area contributed by atoms with Gasteiger partial charge in [0, 0.05) is 11.9 Å². The molecule has 1 nitrogen and oxygen atoms in total. The maximum absolute atomic E-state index is 8.76. The van der Waals surface area contributed by atoms with Gasteiger partial charge >= 0.3 is 0 Å². The second kappa shape index (κ2) is 6.05. The monoisotopic (exact) mass is 162 g/mol. The minimum absolute atomic E-state index is 0.262. The van der Waals surface area contributed by atoms with Gasteiger partial charge in [0.1, 0.15) is 0 Å². The summed E-state index contributed by atoms with van der Waals surface area (Å²) < 4.78 is 0. The second-order valence-corrected chi connectivity index (χ2v) is 3.53. The molecule has 0 spiro atoms. The highest BCUT2D eigenvalue weighted by Gasteiger charge is 2.10. The van der Waals surface area contributed by atoms with Crippen molar-refractivity contribution in [3.05, 3.63) is 0 Å². The van der Waals surface area contributed by atoms with Gasteiger partial charge < -0.3 is 5.11 Å². The van der Waals surface area contributed by atoms with Gasteiger partial charge in [0.15, 0.2) is 0 Å². The van der Waals surface area contributed by atoms with Crippen LogP contribution in [0.4, 0.5) is 0 Å². The number of thiol groups is 1. The Bertz CT molecular complexity index is 75.7. The standard InChI is InChI=1S/C8H18OS/c1-3-4-5-8(10)7(2)6-9/h7-10H,3-6H2,1-2H3. The van der Waals surface area contributed by atoms with Crippen LogP contribution < -0.4 is 0 Å². The number of hydrogen-bond acceptors (Lipinski definition) is 2. The molecule has 0 rings (SSSR count). The quantitative estimate of drug-likeness (QED) is 0.593. The van der Waals surface area contributed by atoms with Crippen LogP contribution >= 0.6 is 12.6 Å². The van der Waals surface area contributed by atoms with Crippen molar-refractivity contribution in [2.75, 3.05) is 6.61 Å².